The van der Waals surface area contributed by atoms with Gasteiger partial charge in [-0.1, -0.05) is 56.3 Å². The van der Waals surface area contributed by atoms with Gasteiger partial charge in [0.15, 0.2) is 0 Å². The smallest absolute Gasteiger partial charge is 0.255 e. The summed E-state index contributed by atoms with van der Waals surface area (Å²) in [5, 5.41) is 5.61. The van der Waals surface area contributed by atoms with Gasteiger partial charge < -0.3 is 15.5 Å². The highest BCUT2D eigenvalue weighted by Crippen LogP contribution is 2.25. The third-order valence-electron chi connectivity index (χ3n) is 5.47. The topological polar surface area (TPSA) is 78.5 Å². The molecule has 164 valence electrons. The number of benzene rings is 2. The zero-order chi connectivity index (χ0) is 22.2. The lowest BCUT2D eigenvalue weighted by atomic mass is 9.91. The summed E-state index contributed by atoms with van der Waals surface area (Å²) in [7, 11) is 0. The molecule has 0 aromatic heterocycles. The molecule has 1 heterocycles. The number of likely N-dealkylation sites (tertiary alicyclic amines) is 1. The second-order valence-corrected chi connectivity index (χ2v) is 8.51. The van der Waals surface area contributed by atoms with Crippen molar-refractivity contribution in [3.8, 4) is 0 Å². The summed E-state index contributed by atoms with van der Waals surface area (Å²) in [6, 6.07) is 16.6. The summed E-state index contributed by atoms with van der Waals surface area (Å²) >= 11 is 0. The van der Waals surface area contributed by atoms with Gasteiger partial charge in [0.05, 0.1) is 17.7 Å². The minimum atomic E-state index is -0.236. The Kier molecular flexibility index (Phi) is 7.82. The van der Waals surface area contributed by atoms with E-state index in [1.807, 2.05) is 41.3 Å². The summed E-state index contributed by atoms with van der Waals surface area (Å²) in [5.74, 6) is 0.525. The molecule has 1 fully saturated rings. The van der Waals surface area contributed by atoms with E-state index in [1.165, 1.54) is 0 Å². The number of nitrogens with zero attached hydrogens (tertiary/aromatic N) is 1. The van der Waals surface area contributed by atoms with E-state index in [0.717, 1.165) is 25.1 Å². The van der Waals surface area contributed by atoms with Gasteiger partial charge in [0.1, 0.15) is 0 Å². The molecule has 6 nitrogen and oxygen atoms in total. The molecule has 6 heteroatoms. The quantitative estimate of drug-likeness (QED) is 0.718. The van der Waals surface area contributed by atoms with Crippen LogP contribution in [0.5, 0.6) is 0 Å². The molecule has 1 aliphatic rings. The fraction of sp³-hybridized carbons (Fsp3) is 0.400. The first-order valence-corrected chi connectivity index (χ1v) is 10.9. The van der Waals surface area contributed by atoms with Gasteiger partial charge in [0.25, 0.3) is 5.91 Å². The Morgan fingerprint density at radius 1 is 0.903 bits per heavy atom. The maximum atomic E-state index is 13.1. The molecule has 1 saturated heterocycles. The monoisotopic (exact) mass is 421 g/mol. The number of carbonyl (C=O) groups is 3. The number of hydrogen-bond acceptors (Lipinski definition) is 3. The van der Waals surface area contributed by atoms with Crippen LogP contribution in [-0.4, -0.2) is 42.3 Å². The van der Waals surface area contributed by atoms with Crippen LogP contribution in [0.1, 0.15) is 42.6 Å². The van der Waals surface area contributed by atoms with Gasteiger partial charge >= 0.3 is 0 Å². The number of anilines is 1. The van der Waals surface area contributed by atoms with Crippen molar-refractivity contribution in [2.75, 3.05) is 25.0 Å². The van der Waals surface area contributed by atoms with Crippen molar-refractivity contribution in [1.29, 1.82) is 0 Å². The standard InChI is InChI=1S/C25H31N3O3/c1-18-14-19(2)17-28(16-18)25(31)21-10-6-7-11-22(21)27-23(29)12-13-26-24(30)15-20-8-4-3-5-9-20/h3-11,18-19H,12-17H2,1-2H3,(H,26,30)(H,27,29). The van der Waals surface area contributed by atoms with E-state index in [0.29, 0.717) is 23.1 Å². The Morgan fingerprint density at radius 2 is 1.55 bits per heavy atom. The van der Waals surface area contributed by atoms with E-state index in [4.69, 9.17) is 0 Å². The molecule has 2 aromatic carbocycles. The highest BCUT2D eigenvalue weighted by molar-refractivity contribution is 6.03. The molecule has 2 atom stereocenters. The van der Waals surface area contributed by atoms with Crippen molar-refractivity contribution in [1.82, 2.24) is 10.2 Å². The molecule has 0 spiro atoms. The molecule has 0 saturated carbocycles. The average molecular weight is 422 g/mol. The Hall–Kier alpha value is -3.15. The number of rotatable bonds is 7. The number of piperidine rings is 1. The number of para-hydroxylation sites is 1. The number of amides is 3. The summed E-state index contributed by atoms with van der Waals surface area (Å²) in [6.45, 7) is 6.04. The molecule has 0 bridgehead atoms. The lowest BCUT2D eigenvalue weighted by Gasteiger charge is -2.35. The van der Waals surface area contributed by atoms with Crippen molar-refractivity contribution in [2.24, 2.45) is 11.8 Å². The van der Waals surface area contributed by atoms with Crippen molar-refractivity contribution in [3.05, 3.63) is 65.7 Å². The molecule has 2 unspecified atom stereocenters. The Morgan fingerprint density at radius 3 is 2.26 bits per heavy atom. The predicted octanol–water partition coefficient (Wildman–Crippen LogP) is 3.49. The minimum absolute atomic E-state index is 0.0505. The highest BCUT2D eigenvalue weighted by atomic mass is 16.2. The predicted molar refractivity (Wildman–Crippen MR) is 122 cm³/mol. The first-order valence-electron chi connectivity index (χ1n) is 10.9. The first-order chi connectivity index (χ1) is 14.9. The normalized spacial score (nSPS) is 18.3. The van der Waals surface area contributed by atoms with E-state index >= 15 is 0 Å². The third kappa shape index (κ3) is 6.67. The second-order valence-electron chi connectivity index (χ2n) is 8.51. The minimum Gasteiger partial charge on any atom is -0.355 e. The maximum absolute atomic E-state index is 13.1. The van der Waals surface area contributed by atoms with E-state index in [9.17, 15) is 14.4 Å². The zero-order valence-electron chi connectivity index (χ0n) is 18.3. The SMILES string of the molecule is CC1CC(C)CN(C(=O)c2ccccc2NC(=O)CCNC(=O)Cc2ccccc2)C1. The molecule has 2 N–H and O–H groups in total. The van der Waals surface area contributed by atoms with E-state index in [1.54, 1.807) is 18.2 Å². The lowest BCUT2D eigenvalue weighted by molar-refractivity contribution is -0.120. The van der Waals surface area contributed by atoms with Crippen molar-refractivity contribution < 1.29 is 14.4 Å². The van der Waals surface area contributed by atoms with Crippen LogP contribution in [0.15, 0.2) is 54.6 Å². The summed E-state index contributed by atoms with van der Waals surface area (Å²) in [4.78, 5) is 39.4. The van der Waals surface area contributed by atoms with Crippen LogP contribution in [-0.2, 0) is 16.0 Å². The maximum Gasteiger partial charge on any atom is 0.255 e. The van der Waals surface area contributed by atoms with Crippen LogP contribution in [0.4, 0.5) is 5.69 Å². The van der Waals surface area contributed by atoms with Gasteiger partial charge in [-0.2, -0.15) is 0 Å². The first kappa shape index (κ1) is 22.5. The van der Waals surface area contributed by atoms with Crippen LogP contribution in [0.3, 0.4) is 0 Å². The van der Waals surface area contributed by atoms with Gasteiger partial charge in [-0.25, -0.2) is 0 Å². The van der Waals surface area contributed by atoms with E-state index < -0.39 is 0 Å². The van der Waals surface area contributed by atoms with Crippen LogP contribution in [0, 0.1) is 11.8 Å². The van der Waals surface area contributed by atoms with Gasteiger partial charge in [0, 0.05) is 26.1 Å². The fourth-order valence-corrected chi connectivity index (χ4v) is 4.15. The largest absolute Gasteiger partial charge is 0.355 e. The highest BCUT2D eigenvalue weighted by Gasteiger charge is 2.27. The Balaban J connectivity index is 1.52. The third-order valence-corrected chi connectivity index (χ3v) is 5.47. The van der Waals surface area contributed by atoms with Crippen molar-refractivity contribution in [3.63, 3.8) is 0 Å². The average Bonchev–Trinajstić information content (AvgIpc) is 2.73. The number of nitrogens with one attached hydrogen (secondary N) is 2. The van der Waals surface area contributed by atoms with Crippen LogP contribution in [0.25, 0.3) is 0 Å². The zero-order valence-corrected chi connectivity index (χ0v) is 18.3. The van der Waals surface area contributed by atoms with Gasteiger partial charge in [0.2, 0.25) is 11.8 Å². The molecular formula is C25H31N3O3. The second kappa shape index (κ2) is 10.8. The number of hydrogen-bond donors (Lipinski definition) is 2. The number of carbonyl (C=O) groups excluding carboxylic acids is 3. The van der Waals surface area contributed by atoms with Crippen LogP contribution < -0.4 is 10.6 Å². The van der Waals surface area contributed by atoms with Crippen LogP contribution in [0.2, 0.25) is 0 Å². The molecule has 3 amide bonds. The molecular weight excluding hydrogens is 390 g/mol. The van der Waals surface area contributed by atoms with Gasteiger partial charge in [-0.15, -0.1) is 0 Å². The molecule has 2 aromatic rings. The van der Waals surface area contributed by atoms with Crippen molar-refractivity contribution in [2.45, 2.75) is 33.1 Å². The van der Waals surface area contributed by atoms with Crippen LogP contribution >= 0.6 is 0 Å². The van der Waals surface area contributed by atoms with Gasteiger partial charge in [-0.3, -0.25) is 14.4 Å². The van der Waals surface area contributed by atoms with E-state index in [-0.39, 0.29) is 37.1 Å². The molecule has 0 aliphatic carbocycles. The fourth-order valence-electron chi connectivity index (χ4n) is 4.15. The Labute approximate surface area is 184 Å². The van der Waals surface area contributed by atoms with Gasteiger partial charge in [-0.05, 0) is 36.0 Å². The van der Waals surface area contributed by atoms with Crippen molar-refractivity contribution >= 4 is 23.4 Å². The lowest BCUT2D eigenvalue weighted by Crippen LogP contribution is -2.42. The summed E-state index contributed by atoms with van der Waals surface area (Å²) in [5.41, 5.74) is 1.95. The molecule has 31 heavy (non-hydrogen) atoms. The summed E-state index contributed by atoms with van der Waals surface area (Å²) in [6.07, 6.45) is 1.55. The molecule has 3 rings (SSSR count). The summed E-state index contributed by atoms with van der Waals surface area (Å²) < 4.78 is 0. The Bertz CT molecular complexity index is 903. The van der Waals surface area contributed by atoms with E-state index in [2.05, 4.69) is 24.5 Å². The molecule has 0 radical (unpaired) electrons. The molecule has 1 aliphatic heterocycles.